The third-order valence-electron chi connectivity index (χ3n) is 4.47. The van der Waals surface area contributed by atoms with Crippen molar-refractivity contribution in [1.82, 2.24) is 24.6 Å². The molecule has 7 nitrogen and oxygen atoms in total. The van der Waals surface area contributed by atoms with Gasteiger partial charge in [0.15, 0.2) is 0 Å². The maximum absolute atomic E-state index is 12.3. The zero-order valence-electron chi connectivity index (χ0n) is 13.8. The van der Waals surface area contributed by atoms with Gasteiger partial charge in [0.1, 0.15) is 12.7 Å². The zero-order chi connectivity index (χ0) is 16.9. The highest BCUT2D eigenvalue weighted by Crippen LogP contribution is 2.18. The molecule has 1 aromatic carbocycles. The Morgan fingerprint density at radius 1 is 1.33 bits per heavy atom. The number of hydrogen-bond donors (Lipinski definition) is 1. The molecule has 0 spiro atoms. The van der Waals surface area contributed by atoms with Crippen molar-refractivity contribution < 1.29 is 9.90 Å². The van der Waals surface area contributed by atoms with E-state index in [1.54, 1.807) is 15.9 Å². The molecule has 1 saturated heterocycles. The van der Waals surface area contributed by atoms with Crippen molar-refractivity contribution in [1.29, 1.82) is 0 Å². The van der Waals surface area contributed by atoms with Crippen LogP contribution >= 0.6 is 0 Å². The van der Waals surface area contributed by atoms with Crippen molar-refractivity contribution in [2.45, 2.75) is 31.7 Å². The molecule has 1 fully saturated rings. The van der Waals surface area contributed by atoms with Crippen LogP contribution in [0.3, 0.4) is 0 Å². The molecule has 1 amide bonds. The third kappa shape index (κ3) is 3.98. The summed E-state index contributed by atoms with van der Waals surface area (Å²) in [5, 5.41) is 14.3. The minimum absolute atomic E-state index is 0.0412. The molecule has 0 saturated carbocycles. The Bertz CT molecular complexity index is 646. The van der Waals surface area contributed by atoms with Gasteiger partial charge in [-0.25, -0.2) is 4.98 Å². The quantitative estimate of drug-likeness (QED) is 0.829. The van der Waals surface area contributed by atoms with Crippen LogP contribution in [0.1, 0.15) is 12.0 Å². The highest BCUT2D eigenvalue weighted by atomic mass is 16.3. The van der Waals surface area contributed by atoms with Gasteiger partial charge in [0, 0.05) is 26.1 Å². The molecule has 2 aromatic rings. The Morgan fingerprint density at radius 2 is 2.12 bits per heavy atom. The van der Waals surface area contributed by atoms with E-state index >= 15 is 0 Å². The van der Waals surface area contributed by atoms with E-state index in [9.17, 15) is 9.90 Å². The van der Waals surface area contributed by atoms with Crippen molar-refractivity contribution in [3.05, 3.63) is 48.5 Å². The highest BCUT2D eigenvalue weighted by Gasteiger charge is 2.36. The number of carbonyl (C=O) groups is 1. The Balaban J connectivity index is 1.52. The van der Waals surface area contributed by atoms with Crippen LogP contribution in [0.2, 0.25) is 0 Å². The van der Waals surface area contributed by atoms with Crippen LogP contribution in [-0.4, -0.2) is 67.9 Å². The number of rotatable bonds is 6. The first-order valence-corrected chi connectivity index (χ1v) is 8.16. The van der Waals surface area contributed by atoms with Crippen LogP contribution in [0.5, 0.6) is 0 Å². The van der Waals surface area contributed by atoms with Crippen LogP contribution in [0.4, 0.5) is 0 Å². The summed E-state index contributed by atoms with van der Waals surface area (Å²) < 4.78 is 1.64. The molecule has 0 radical (unpaired) electrons. The zero-order valence-corrected chi connectivity index (χ0v) is 13.8. The predicted octanol–water partition coefficient (Wildman–Crippen LogP) is 0.372. The van der Waals surface area contributed by atoms with Gasteiger partial charge in [-0.05, 0) is 12.6 Å². The first-order valence-electron chi connectivity index (χ1n) is 8.16. The third-order valence-corrected chi connectivity index (χ3v) is 4.47. The number of nitrogens with zero attached hydrogens (tertiary/aromatic N) is 5. The van der Waals surface area contributed by atoms with E-state index in [4.69, 9.17) is 0 Å². The number of hydrogen-bond acceptors (Lipinski definition) is 5. The number of carbonyl (C=O) groups excluding carboxylic acids is 1. The summed E-state index contributed by atoms with van der Waals surface area (Å²) in [6.45, 7) is 2.21. The second-order valence-electron chi connectivity index (χ2n) is 6.24. The number of benzene rings is 1. The average Bonchev–Trinajstić information content (AvgIpc) is 3.23. The summed E-state index contributed by atoms with van der Waals surface area (Å²) >= 11 is 0. The van der Waals surface area contributed by atoms with E-state index < -0.39 is 6.10 Å². The largest absolute Gasteiger partial charge is 0.390 e. The van der Waals surface area contributed by atoms with Gasteiger partial charge in [-0.3, -0.25) is 14.4 Å². The lowest BCUT2D eigenvalue weighted by Gasteiger charge is -2.26. The first-order chi connectivity index (χ1) is 11.6. The lowest BCUT2D eigenvalue weighted by Crippen LogP contribution is -2.40. The van der Waals surface area contributed by atoms with Crippen LogP contribution in [0.25, 0.3) is 0 Å². The Morgan fingerprint density at radius 3 is 2.83 bits per heavy atom. The highest BCUT2D eigenvalue weighted by molar-refractivity contribution is 5.76. The van der Waals surface area contributed by atoms with Crippen molar-refractivity contribution in [3.8, 4) is 0 Å². The molecule has 0 bridgehead atoms. The van der Waals surface area contributed by atoms with Gasteiger partial charge in [0.05, 0.1) is 18.7 Å². The molecule has 128 valence electrons. The number of aliphatic hydroxyl groups is 1. The summed E-state index contributed by atoms with van der Waals surface area (Å²) in [4.78, 5) is 20.1. The van der Waals surface area contributed by atoms with Crippen LogP contribution in [0, 0.1) is 0 Å². The van der Waals surface area contributed by atoms with Crippen molar-refractivity contribution >= 4 is 5.91 Å². The van der Waals surface area contributed by atoms with Crippen LogP contribution in [0.15, 0.2) is 43.0 Å². The number of amides is 1. The van der Waals surface area contributed by atoms with E-state index in [0.717, 1.165) is 6.54 Å². The molecule has 3 rings (SSSR count). The second kappa shape index (κ2) is 7.55. The Kier molecular flexibility index (Phi) is 5.22. The minimum Gasteiger partial charge on any atom is -0.390 e. The van der Waals surface area contributed by atoms with Crippen molar-refractivity contribution in [2.24, 2.45) is 0 Å². The molecule has 1 aliphatic rings. The fourth-order valence-corrected chi connectivity index (χ4v) is 3.11. The molecule has 24 heavy (non-hydrogen) atoms. The molecule has 1 aliphatic heterocycles. The minimum atomic E-state index is -0.519. The maximum Gasteiger partial charge on any atom is 0.224 e. The van der Waals surface area contributed by atoms with E-state index in [2.05, 4.69) is 27.1 Å². The normalized spacial score (nSPS) is 20.7. The van der Waals surface area contributed by atoms with E-state index in [0.29, 0.717) is 26.1 Å². The van der Waals surface area contributed by atoms with Crippen LogP contribution in [-0.2, 0) is 17.9 Å². The number of likely N-dealkylation sites (tertiary alicyclic amines) is 1. The van der Waals surface area contributed by atoms with E-state index in [1.807, 2.05) is 25.2 Å². The number of aliphatic hydroxyl groups excluding tert-OH is 1. The molecule has 0 unspecified atom stereocenters. The van der Waals surface area contributed by atoms with E-state index in [1.165, 1.54) is 11.9 Å². The van der Waals surface area contributed by atoms with Gasteiger partial charge in [-0.15, -0.1) is 0 Å². The predicted molar refractivity (Wildman–Crippen MR) is 88.9 cm³/mol. The Hall–Kier alpha value is -2.25. The standard InChI is InChI=1S/C17H23N5O2/c1-20(9-14-5-3-2-4-6-14)15-10-21(11-16(15)23)17(24)7-8-22-13-18-12-19-22/h2-6,12-13,15-16,23H,7-11H2,1H3/t15-,16-/m0/s1. The lowest BCUT2D eigenvalue weighted by molar-refractivity contribution is -0.130. The number of likely N-dealkylation sites (N-methyl/N-ethyl adjacent to an activating group) is 1. The molecule has 7 heteroatoms. The van der Waals surface area contributed by atoms with Gasteiger partial charge in [0.25, 0.3) is 0 Å². The molecular weight excluding hydrogens is 306 g/mol. The monoisotopic (exact) mass is 329 g/mol. The molecule has 2 heterocycles. The summed E-state index contributed by atoms with van der Waals surface area (Å²) in [7, 11) is 1.99. The number of aromatic nitrogens is 3. The lowest BCUT2D eigenvalue weighted by atomic mass is 10.1. The molecular formula is C17H23N5O2. The van der Waals surface area contributed by atoms with E-state index in [-0.39, 0.29) is 11.9 Å². The topological polar surface area (TPSA) is 74.5 Å². The fraction of sp³-hybridized carbons (Fsp3) is 0.471. The number of β-amino-alcohol motifs (C(OH)–C–C–N with tert-alkyl or cyclic N) is 1. The van der Waals surface area contributed by atoms with Gasteiger partial charge >= 0.3 is 0 Å². The molecule has 2 atom stereocenters. The molecule has 1 N–H and O–H groups in total. The molecule has 0 aliphatic carbocycles. The first kappa shape index (κ1) is 16.6. The summed E-state index contributed by atoms with van der Waals surface area (Å²) in [6.07, 6.45) is 2.90. The van der Waals surface area contributed by atoms with Gasteiger partial charge in [0.2, 0.25) is 5.91 Å². The summed E-state index contributed by atoms with van der Waals surface area (Å²) in [6, 6.07) is 10.1. The smallest absolute Gasteiger partial charge is 0.224 e. The SMILES string of the molecule is CN(Cc1ccccc1)[C@H]1CN(C(=O)CCn2cncn2)C[C@@H]1O. The van der Waals surface area contributed by atoms with Gasteiger partial charge < -0.3 is 10.0 Å². The van der Waals surface area contributed by atoms with Crippen LogP contribution < -0.4 is 0 Å². The maximum atomic E-state index is 12.3. The average molecular weight is 329 g/mol. The van der Waals surface area contributed by atoms with Crippen molar-refractivity contribution in [3.63, 3.8) is 0 Å². The molecule has 1 aromatic heterocycles. The van der Waals surface area contributed by atoms with Gasteiger partial charge in [-0.2, -0.15) is 5.10 Å². The van der Waals surface area contributed by atoms with Gasteiger partial charge in [-0.1, -0.05) is 30.3 Å². The van der Waals surface area contributed by atoms with Crippen molar-refractivity contribution in [2.75, 3.05) is 20.1 Å². The fourth-order valence-electron chi connectivity index (χ4n) is 3.11. The second-order valence-corrected chi connectivity index (χ2v) is 6.24. The Labute approximate surface area is 141 Å². The number of aryl methyl sites for hydroxylation is 1. The summed E-state index contributed by atoms with van der Waals surface area (Å²) in [5.41, 5.74) is 1.20. The summed E-state index contributed by atoms with van der Waals surface area (Å²) in [5.74, 6) is 0.0418.